The lowest BCUT2D eigenvalue weighted by atomic mass is 10.0. The molecular formula is C22H28N6O4S2. The lowest BCUT2D eigenvalue weighted by molar-refractivity contribution is -0.143. The highest BCUT2D eigenvalue weighted by Gasteiger charge is 2.47. The maximum Gasteiger partial charge on any atom is 0.243 e. The molecule has 6 N–H and O–H groups in total. The third-order valence-electron chi connectivity index (χ3n) is 5.92. The van der Waals surface area contributed by atoms with Gasteiger partial charge in [-0.25, -0.2) is 8.42 Å². The predicted octanol–water partition coefficient (Wildman–Crippen LogP) is 0.330. The molecule has 182 valence electrons. The zero-order valence-corrected chi connectivity index (χ0v) is 20.1. The van der Waals surface area contributed by atoms with Crippen LogP contribution in [0.2, 0.25) is 0 Å². The second kappa shape index (κ2) is 10.2. The highest BCUT2D eigenvalue weighted by molar-refractivity contribution is 8.00. The molecule has 2 aliphatic heterocycles. The lowest BCUT2D eigenvalue weighted by Crippen LogP contribution is -2.59. The van der Waals surface area contributed by atoms with Gasteiger partial charge in [0, 0.05) is 24.2 Å². The number of thioether (sulfide) groups is 1. The van der Waals surface area contributed by atoms with E-state index in [0.29, 0.717) is 43.5 Å². The van der Waals surface area contributed by atoms with Crippen LogP contribution >= 0.6 is 11.8 Å². The third kappa shape index (κ3) is 5.13. The first-order valence-corrected chi connectivity index (χ1v) is 13.6. The number of carbonyl (C=O) groups is 2. The topological polar surface area (TPSA) is 160 Å². The summed E-state index contributed by atoms with van der Waals surface area (Å²) in [5, 5.41) is 4.08. The first-order valence-electron chi connectivity index (χ1n) is 11.0. The van der Waals surface area contributed by atoms with Crippen molar-refractivity contribution < 1.29 is 18.0 Å². The molecule has 0 spiro atoms. The summed E-state index contributed by atoms with van der Waals surface area (Å²) in [4.78, 5) is 31.6. The van der Waals surface area contributed by atoms with Gasteiger partial charge < -0.3 is 21.7 Å². The summed E-state index contributed by atoms with van der Waals surface area (Å²) in [5.74, 6) is -0.160. The Bertz CT molecular complexity index is 1210. The molecule has 3 atom stereocenters. The average Bonchev–Trinajstić information content (AvgIpc) is 3.25. The van der Waals surface area contributed by atoms with E-state index >= 15 is 0 Å². The summed E-state index contributed by atoms with van der Waals surface area (Å²) in [6.07, 6.45) is 1.55. The fourth-order valence-corrected chi connectivity index (χ4v) is 7.19. The van der Waals surface area contributed by atoms with E-state index in [1.807, 2.05) is 18.2 Å². The van der Waals surface area contributed by atoms with Crippen LogP contribution in [-0.4, -0.2) is 67.4 Å². The zero-order chi connectivity index (χ0) is 24.3. The number of aliphatic imine (C=N–C) groups is 1. The Kier molecular flexibility index (Phi) is 7.29. The number of nitrogens with one attached hydrogen (secondary N) is 2. The first kappa shape index (κ1) is 24.3. The smallest absolute Gasteiger partial charge is 0.243 e. The van der Waals surface area contributed by atoms with Gasteiger partial charge in [0.2, 0.25) is 21.8 Å². The lowest BCUT2D eigenvalue weighted by Gasteiger charge is -2.36. The van der Waals surface area contributed by atoms with E-state index in [9.17, 15) is 18.0 Å². The van der Waals surface area contributed by atoms with Crippen molar-refractivity contribution in [2.24, 2.45) is 16.5 Å². The number of hydrogen-bond acceptors (Lipinski definition) is 6. The number of amides is 2. The van der Waals surface area contributed by atoms with Crippen molar-refractivity contribution in [3.05, 3.63) is 42.5 Å². The summed E-state index contributed by atoms with van der Waals surface area (Å²) >= 11 is 1.54. The van der Waals surface area contributed by atoms with Crippen molar-refractivity contribution in [3.63, 3.8) is 0 Å². The number of guanidine groups is 1. The maximum absolute atomic E-state index is 13.3. The second-order valence-electron chi connectivity index (χ2n) is 8.23. The monoisotopic (exact) mass is 504 g/mol. The normalized spacial score (nSPS) is 22.4. The van der Waals surface area contributed by atoms with Crippen molar-refractivity contribution in [2.45, 2.75) is 41.6 Å². The minimum Gasteiger partial charge on any atom is -0.370 e. The molecule has 4 rings (SSSR count). The minimum atomic E-state index is -3.95. The molecule has 2 fully saturated rings. The van der Waals surface area contributed by atoms with Gasteiger partial charge in [-0.1, -0.05) is 36.4 Å². The molecule has 0 aromatic heterocycles. The summed E-state index contributed by atoms with van der Waals surface area (Å²) in [7, 11) is -3.95. The molecule has 0 saturated carbocycles. The largest absolute Gasteiger partial charge is 0.370 e. The maximum atomic E-state index is 13.3. The number of sulfonamides is 1. The van der Waals surface area contributed by atoms with E-state index < -0.39 is 22.1 Å². The first-order chi connectivity index (χ1) is 16.3. The van der Waals surface area contributed by atoms with E-state index in [-0.39, 0.29) is 28.0 Å². The Labute approximate surface area is 202 Å². The molecule has 2 aliphatic rings. The van der Waals surface area contributed by atoms with Crippen LogP contribution in [0.4, 0.5) is 0 Å². The summed E-state index contributed by atoms with van der Waals surface area (Å²) in [6.45, 7) is 0.770. The number of nitrogens with two attached hydrogens (primary N) is 2. The Hall–Kier alpha value is -2.83. The molecule has 2 amide bonds. The van der Waals surface area contributed by atoms with Gasteiger partial charge in [-0.15, -0.1) is 11.8 Å². The van der Waals surface area contributed by atoms with Crippen LogP contribution in [-0.2, 0) is 19.6 Å². The highest BCUT2D eigenvalue weighted by atomic mass is 32.2. The number of fused-ring (bicyclic) bond motifs is 2. The number of nitrogens with zero attached hydrogens (tertiary/aromatic N) is 2. The van der Waals surface area contributed by atoms with Crippen molar-refractivity contribution in [3.8, 4) is 0 Å². The van der Waals surface area contributed by atoms with Crippen LogP contribution in [0.5, 0.6) is 0 Å². The van der Waals surface area contributed by atoms with Crippen LogP contribution in [0.15, 0.2) is 52.4 Å². The van der Waals surface area contributed by atoms with E-state index in [2.05, 4.69) is 15.0 Å². The Morgan fingerprint density at radius 3 is 2.71 bits per heavy atom. The molecule has 0 radical (unpaired) electrons. The fourth-order valence-electron chi connectivity index (χ4n) is 4.30. The van der Waals surface area contributed by atoms with Crippen LogP contribution in [0, 0.1) is 0 Å². The molecule has 0 bridgehead atoms. The van der Waals surface area contributed by atoms with Gasteiger partial charge in [0.25, 0.3) is 0 Å². The van der Waals surface area contributed by atoms with Crippen LogP contribution < -0.4 is 21.5 Å². The molecule has 34 heavy (non-hydrogen) atoms. The number of benzene rings is 2. The van der Waals surface area contributed by atoms with Crippen LogP contribution in [0.1, 0.15) is 19.3 Å². The molecule has 12 heteroatoms. The predicted molar refractivity (Wildman–Crippen MR) is 132 cm³/mol. The van der Waals surface area contributed by atoms with Gasteiger partial charge in [0.05, 0.1) is 10.3 Å². The van der Waals surface area contributed by atoms with Crippen molar-refractivity contribution in [2.75, 3.05) is 18.8 Å². The van der Waals surface area contributed by atoms with Crippen molar-refractivity contribution in [1.29, 1.82) is 0 Å². The fraction of sp³-hybridized carbons (Fsp3) is 0.409. The molecule has 2 aromatic rings. The molecule has 2 aromatic carbocycles. The van der Waals surface area contributed by atoms with E-state index in [4.69, 9.17) is 11.5 Å². The number of carbonyl (C=O) groups excluding carboxylic acids is 2. The van der Waals surface area contributed by atoms with Gasteiger partial charge in [0.15, 0.2) is 5.96 Å². The molecule has 0 unspecified atom stereocenters. The van der Waals surface area contributed by atoms with E-state index in [0.717, 1.165) is 5.39 Å². The third-order valence-corrected chi connectivity index (χ3v) is 8.80. The summed E-state index contributed by atoms with van der Waals surface area (Å²) < 4.78 is 29.0. The van der Waals surface area contributed by atoms with Gasteiger partial charge in [0.1, 0.15) is 12.1 Å². The quantitative estimate of drug-likeness (QED) is 0.229. The standard InChI is InChI=1S/C22H28N6O4S2/c23-22(24)26-12-4-11-25-20(29)17-13-33-19-10-9-16(21(30)28(17)19)27-34(31,32)18-8-3-6-14-5-1-2-7-15(14)18/h1-3,5-8,16-17,19,27H,4,9-13H2,(H,25,29)(H4,23,24,26)/t16-,17-,19-/m0/s1. The molecular weight excluding hydrogens is 476 g/mol. The van der Waals surface area contributed by atoms with Gasteiger partial charge in [-0.3, -0.25) is 14.6 Å². The number of hydrogen-bond donors (Lipinski definition) is 4. The molecule has 2 saturated heterocycles. The number of rotatable bonds is 8. The summed E-state index contributed by atoms with van der Waals surface area (Å²) in [6, 6.07) is 10.7. The van der Waals surface area contributed by atoms with Crippen molar-refractivity contribution >= 4 is 50.3 Å². The van der Waals surface area contributed by atoms with E-state index in [1.165, 1.54) is 11.0 Å². The van der Waals surface area contributed by atoms with Crippen molar-refractivity contribution in [1.82, 2.24) is 14.9 Å². The Balaban J connectivity index is 1.44. The molecule has 2 heterocycles. The molecule has 10 nitrogen and oxygen atoms in total. The Morgan fingerprint density at radius 1 is 1.15 bits per heavy atom. The highest BCUT2D eigenvalue weighted by Crippen LogP contribution is 2.37. The molecule has 0 aliphatic carbocycles. The van der Waals surface area contributed by atoms with Gasteiger partial charge >= 0.3 is 0 Å². The second-order valence-corrected chi connectivity index (χ2v) is 11.1. The van der Waals surface area contributed by atoms with Crippen LogP contribution in [0.3, 0.4) is 0 Å². The number of piperidine rings is 1. The Morgan fingerprint density at radius 2 is 1.91 bits per heavy atom. The minimum absolute atomic E-state index is 0.00253. The zero-order valence-electron chi connectivity index (χ0n) is 18.5. The van der Waals surface area contributed by atoms with E-state index in [1.54, 1.807) is 30.0 Å². The summed E-state index contributed by atoms with van der Waals surface area (Å²) in [5.41, 5.74) is 10.6. The van der Waals surface area contributed by atoms with Gasteiger partial charge in [-0.2, -0.15) is 4.72 Å². The van der Waals surface area contributed by atoms with Gasteiger partial charge in [-0.05, 0) is 30.7 Å². The average molecular weight is 505 g/mol. The SMILES string of the molecule is NC(N)=NCCCNC(=O)[C@@H]1CS[C@H]2CC[C@H](NS(=O)(=O)c3cccc4ccccc34)C(=O)N21. The van der Waals surface area contributed by atoms with Crippen LogP contribution in [0.25, 0.3) is 10.8 Å².